The van der Waals surface area contributed by atoms with Crippen LogP contribution in [0.25, 0.3) is 11.0 Å². The smallest absolute Gasteiger partial charge is 0.155 e. The Morgan fingerprint density at radius 3 is 3.14 bits per heavy atom. The van der Waals surface area contributed by atoms with Gasteiger partial charge in [0.1, 0.15) is 5.58 Å². The summed E-state index contributed by atoms with van der Waals surface area (Å²) in [6.45, 7) is 0. The molecular formula is C17H13N3O2. The van der Waals surface area contributed by atoms with Gasteiger partial charge in [0.2, 0.25) is 0 Å². The summed E-state index contributed by atoms with van der Waals surface area (Å²) in [7, 11) is 0. The highest BCUT2D eigenvalue weighted by Crippen LogP contribution is 2.27. The van der Waals surface area contributed by atoms with E-state index in [1.54, 1.807) is 12.5 Å². The Balaban J connectivity index is 1.76. The third-order valence-corrected chi connectivity index (χ3v) is 3.89. The molecule has 0 bridgehead atoms. The van der Waals surface area contributed by atoms with Crippen molar-refractivity contribution < 1.29 is 9.62 Å². The second-order valence-electron chi connectivity index (χ2n) is 5.16. The van der Waals surface area contributed by atoms with Gasteiger partial charge in [-0.3, -0.25) is 0 Å². The van der Waals surface area contributed by atoms with Gasteiger partial charge in [0.25, 0.3) is 0 Å². The molecule has 1 N–H and O–H groups in total. The number of aliphatic imine (C=N–C) groups is 1. The van der Waals surface area contributed by atoms with E-state index < -0.39 is 0 Å². The maximum atomic E-state index is 9.49. The second kappa shape index (κ2) is 5.11. The van der Waals surface area contributed by atoms with E-state index in [1.165, 1.54) is 0 Å². The minimum Gasteiger partial charge on any atom is -0.464 e. The Morgan fingerprint density at radius 1 is 1.27 bits per heavy atom. The zero-order valence-electron chi connectivity index (χ0n) is 11.7. The van der Waals surface area contributed by atoms with Crippen LogP contribution in [0.4, 0.5) is 5.82 Å². The van der Waals surface area contributed by atoms with Crippen LogP contribution in [-0.2, 0) is 12.8 Å². The second-order valence-corrected chi connectivity index (χ2v) is 5.16. The molecule has 1 aliphatic heterocycles. The molecule has 22 heavy (non-hydrogen) atoms. The number of aromatic nitrogens is 1. The number of para-hydroxylation sites is 1. The zero-order valence-corrected chi connectivity index (χ0v) is 11.7. The van der Waals surface area contributed by atoms with Crippen molar-refractivity contribution in [2.24, 2.45) is 10.1 Å². The van der Waals surface area contributed by atoms with Crippen molar-refractivity contribution in [1.29, 1.82) is 0 Å². The van der Waals surface area contributed by atoms with Gasteiger partial charge in [-0.1, -0.05) is 23.4 Å². The lowest BCUT2D eigenvalue weighted by Crippen LogP contribution is -2.09. The van der Waals surface area contributed by atoms with E-state index in [0.29, 0.717) is 24.4 Å². The van der Waals surface area contributed by atoms with Gasteiger partial charge in [0.05, 0.1) is 12.0 Å². The maximum Gasteiger partial charge on any atom is 0.155 e. The van der Waals surface area contributed by atoms with Gasteiger partial charge < -0.3 is 9.62 Å². The molecule has 5 nitrogen and oxygen atoms in total. The molecule has 3 heterocycles. The van der Waals surface area contributed by atoms with Crippen LogP contribution in [0.1, 0.15) is 16.7 Å². The molecule has 0 aliphatic carbocycles. The summed E-state index contributed by atoms with van der Waals surface area (Å²) in [5.41, 5.74) is 4.29. The summed E-state index contributed by atoms with van der Waals surface area (Å²) >= 11 is 0. The number of oxime groups is 1. The summed E-state index contributed by atoms with van der Waals surface area (Å²) in [5.74, 6) is 0.704. The van der Waals surface area contributed by atoms with Crippen molar-refractivity contribution >= 4 is 28.7 Å². The molecule has 5 heteroatoms. The number of fused-ring (bicyclic) bond motifs is 2. The summed E-state index contributed by atoms with van der Waals surface area (Å²) in [4.78, 5) is 8.47. The van der Waals surface area contributed by atoms with Crippen LogP contribution < -0.4 is 0 Å². The quantitative estimate of drug-likeness (QED) is 0.456. The molecule has 0 fully saturated rings. The molecule has 0 atom stereocenters. The van der Waals surface area contributed by atoms with Crippen LogP contribution in [0.3, 0.4) is 0 Å². The molecule has 1 aromatic carbocycles. The molecule has 0 unspecified atom stereocenters. The molecule has 0 amide bonds. The third kappa shape index (κ3) is 1.98. The number of hydrogen-bond acceptors (Lipinski definition) is 5. The Bertz CT molecular complexity index is 909. The lowest BCUT2D eigenvalue weighted by Gasteiger charge is -2.09. The lowest BCUT2D eigenvalue weighted by atomic mass is 9.97. The monoisotopic (exact) mass is 291 g/mol. The van der Waals surface area contributed by atoms with Crippen molar-refractivity contribution in [3.63, 3.8) is 0 Å². The SMILES string of the molecule is O/N=C(\Cc1cccc2ccoc12)c1ccnc2c1CC=N2. The van der Waals surface area contributed by atoms with Gasteiger partial charge in [-0.05, 0) is 12.1 Å². The van der Waals surface area contributed by atoms with Crippen molar-refractivity contribution in [3.8, 4) is 0 Å². The molecule has 1 aliphatic rings. The van der Waals surface area contributed by atoms with Crippen molar-refractivity contribution in [2.45, 2.75) is 12.8 Å². The van der Waals surface area contributed by atoms with Crippen LogP contribution in [-0.4, -0.2) is 22.1 Å². The molecule has 3 aromatic rings. The number of hydrogen-bond donors (Lipinski definition) is 1. The van der Waals surface area contributed by atoms with E-state index in [9.17, 15) is 5.21 Å². The minimum atomic E-state index is 0.484. The Labute approximate surface area is 126 Å². The first kappa shape index (κ1) is 12.8. The van der Waals surface area contributed by atoms with Gasteiger partial charge in [-0.25, -0.2) is 9.98 Å². The number of benzene rings is 1. The van der Waals surface area contributed by atoms with Gasteiger partial charge >= 0.3 is 0 Å². The third-order valence-electron chi connectivity index (χ3n) is 3.89. The van der Waals surface area contributed by atoms with Crippen LogP contribution in [0.2, 0.25) is 0 Å². The first-order valence-corrected chi connectivity index (χ1v) is 7.03. The highest BCUT2D eigenvalue weighted by Gasteiger charge is 2.18. The molecular weight excluding hydrogens is 278 g/mol. The number of rotatable bonds is 3. The summed E-state index contributed by atoms with van der Waals surface area (Å²) in [5, 5.41) is 14.0. The molecule has 2 aromatic heterocycles. The molecule has 4 rings (SSSR count). The summed E-state index contributed by atoms with van der Waals surface area (Å²) < 4.78 is 5.55. The highest BCUT2D eigenvalue weighted by molar-refractivity contribution is 6.05. The van der Waals surface area contributed by atoms with Crippen LogP contribution in [0, 0.1) is 0 Å². The first-order valence-electron chi connectivity index (χ1n) is 7.03. The molecule has 0 spiro atoms. The fourth-order valence-electron chi connectivity index (χ4n) is 2.85. The van der Waals surface area contributed by atoms with E-state index >= 15 is 0 Å². The van der Waals surface area contributed by atoms with Crippen LogP contribution >= 0.6 is 0 Å². The van der Waals surface area contributed by atoms with Gasteiger partial charge in [-0.15, -0.1) is 0 Å². The van der Waals surface area contributed by atoms with Crippen LogP contribution in [0.15, 0.2) is 57.4 Å². The first-order chi connectivity index (χ1) is 10.9. The van der Waals surface area contributed by atoms with E-state index in [0.717, 1.165) is 27.7 Å². The average Bonchev–Trinajstić information content (AvgIpc) is 3.21. The molecule has 108 valence electrons. The van der Waals surface area contributed by atoms with E-state index in [1.807, 2.05) is 36.5 Å². The van der Waals surface area contributed by atoms with Gasteiger partial charge in [-0.2, -0.15) is 0 Å². The number of furan rings is 1. The van der Waals surface area contributed by atoms with Crippen LogP contribution in [0.5, 0.6) is 0 Å². The Kier molecular flexibility index (Phi) is 2.96. The molecule has 0 radical (unpaired) electrons. The minimum absolute atomic E-state index is 0.484. The van der Waals surface area contributed by atoms with Crippen molar-refractivity contribution in [3.05, 3.63) is 59.5 Å². The Hall–Kier alpha value is -2.95. The topological polar surface area (TPSA) is 71.0 Å². The van der Waals surface area contributed by atoms with E-state index in [-0.39, 0.29) is 0 Å². The summed E-state index contributed by atoms with van der Waals surface area (Å²) in [6, 6.07) is 9.74. The van der Waals surface area contributed by atoms with E-state index in [4.69, 9.17) is 4.42 Å². The maximum absolute atomic E-state index is 9.49. The normalized spacial score (nSPS) is 13.7. The summed E-state index contributed by atoms with van der Waals surface area (Å²) in [6.07, 6.45) is 6.38. The number of pyridine rings is 1. The lowest BCUT2D eigenvalue weighted by molar-refractivity contribution is 0.318. The highest BCUT2D eigenvalue weighted by atomic mass is 16.4. The predicted octanol–water partition coefficient (Wildman–Crippen LogP) is 3.51. The average molecular weight is 291 g/mol. The fraction of sp³-hybridized carbons (Fsp3) is 0.118. The van der Waals surface area contributed by atoms with Crippen molar-refractivity contribution in [1.82, 2.24) is 4.98 Å². The molecule has 0 saturated heterocycles. The molecule has 0 saturated carbocycles. The van der Waals surface area contributed by atoms with Gasteiger partial charge in [0, 0.05) is 47.3 Å². The fourth-order valence-corrected chi connectivity index (χ4v) is 2.85. The van der Waals surface area contributed by atoms with Gasteiger partial charge in [0.15, 0.2) is 5.82 Å². The standard InChI is InChI=1S/C17H13N3O2/c21-20-15(13-4-7-18-17-14(13)5-8-19-17)10-12-3-1-2-11-6-9-22-16(11)12/h1-4,6-9,21H,5,10H2/b20-15+. The largest absolute Gasteiger partial charge is 0.464 e. The van der Waals surface area contributed by atoms with E-state index in [2.05, 4.69) is 15.1 Å². The zero-order chi connectivity index (χ0) is 14.9. The van der Waals surface area contributed by atoms with Crippen molar-refractivity contribution in [2.75, 3.05) is 0 Å². The number of nitrogens with zero attached hydrogens (tertiary/aromatic N) is 3. The Morgan fingerprint density at radius 2 is 2.23 bits per heavy atom. The predicted molar refractivity (Wildman–Crippen MR) is 84.3 cm³/mol.